The number of nitrogens with two attached hydrogens (primary N) is 2. The van der Waals surface area contributed by atoms with E-state index in [2.05, 4.69) is 63.8 Å². The predicted octanol–water partition coefficient (Wildman–Crippen LogP) is -10.4. The van der Waals surface area contributed by atoms with Crippen molar-refractivity contribution in [1.29, 1.82) is 0 Å². The number of carbonyl (C=O) groups excluding carboxylic acids is 16. The number of aliphatic hydroxyl groups is 5. The molecule has 113 heavy (non-hydrogen) atoms. The molecule has 44 heteroatoms. The van der Waals surface area contributed by atoms with E-state index in [-0.39, 0.29) is 43.4 Å². The van der Waals surface area contributed by atoms with Crippen molar-refractivity contribution >= 4 is 113 Å². The van der Waals surface area contributed by atoms with Gasteiger partial charge in [-0.1, -0.05) is 70.2 Å². The second-order valence-electron chi connectivity index (χ2n) is 26.7. The number of primary amides is 1. The lowest BCUT2D eigenvalue weighted by atomic mass is 10.00. The topological polar surface area (TPSA) is 727 Å². The van der Waals surface area contributed by atoms with E-state index >= 15 is 0 Å². The molecule has 0 saturated heterocycles. The van der Waals surface area contributed by atoms with Crippen LogP contribution in [0.15, 0.2) is 54.6 Å². The first kappa shape index (κ1) is 97.2. The molecule has 0 aliphatic rings. The molecule has 44 nitrogen and oxygen atoms in total. The molecular formula is C69H101N16O28. The number of aliphatic carboxylic acids is 3. The number of carboxylic acid groups (broad SMARTS) is 3. The van der Waals surface area contributed by atoms with Gasteiger partial charge in [-0.25, -0.2) is 0 Å². The Morgan fingerprint density at radius 3 is 1.24 bits per heavy atom. The Morgan fingerprint density at radius 1 is 0.398 bits per heavy atom. The Kier molecular flexibility index (Phi) is 42.5. The van der Waals surface area contributed by atoms with E-state index in [9.17, 15) is 132 Å². The zero-order chi connectivity index (χ0) is 85.5. The first-order chi connectivity index (χ1) is 53.0. The Balaban J connectivity index is 2.36. The van der Waals surface area contributed by atoms with Crippen LogP contribution in [0.25, 0.3) is 0 Å². The lowest BCUT2D eigenvalue weighted by Gasteiger charge is -2.29. The molecule has 625 valence electrons. The van der Waals surface area contributed by atoms with Gasteiger partial charge in [-0.3, -0.25) is 91.1 Å². The van der Waals surface area contributed by atoms with Crippen LogP contribution in [0.3, 0.4) is 0 Å². The van der Waals surface area contributed by atoms with Crippen LogP contribution in [0, 0.1) is 11.8 Å². The van der Waals surface area contributed by atoms with E-state index < -0.39 is 274 Å². The minimum absolute atomic E-state index is 0.181. The highest BCUT2D eigenvalue weighted by Gasteiger charge is 2.39. The molecule has 0 aliphatic heterocycles. The van der Waals surface area contributed by atoms with Crippen molar-refractivity contribution < 1.29 is 137 Å². The van der Waals surface area contributed by atoms with Gasteiger partial charge in [0.05, 0.1) is 63.6 Å². The molecule has 0 fully saturated rings. The van der Waals surface area contributed by atoms with Gasteiger partial charge < -0.3 is 132 Å². The maximum absolute atomic E-state index is 14.3. The number of carbonyl (C=O) groups is 18. The molecule has 2 aromatic carbocycles. The number of aromatic hydroxyl groups is 1. The molecule has 2 rings (SSSR count). The van der Waals surface area contributed by atoms with Crippen molar-refractivity contribution in [3.63, 3.8) is 0 Å². The van der Waals surface area contributed by atoms with E-state index in [0.29, 0.717) is 5.56 Å². The summed E-state index contributed by atoms with van der Waals surface area (Å²) in [4.78, 5) is 248. The second-order valence-corrected chi connectivity index (χ2v) is 26.7. The van der Waals surface area contributed by atoms with Crippen LogP contribution in [0.1, 0.15) is 104 Å². The second kappa shape index (κ2) is 49.4. The Bertz CT molecular complexity index is 3640. The van der Waals surface area contributed by atoms with Crippen LogP contribution in [0.5, 0.6) is 5.75 Å². The number of phenols is 1. The summed E-state index contributed by atoms with van der Waals surface area (Å²) in [6, 6.07) is -10.5. The average molecular weight is 1600 g/mol. The van der Waals surface area contributed by atoms with Gasteiger partial charge in [0.25, 0.3) is 0 Å². The SMILES string of the molecule is CC(C)C[C@H](NC(=O)[C@H](Cc1ccc(O)cc1)NC(=O)[C@H](CO)NC(=O)[C@H](CO)NC(=O)[C@@H](NC(=O)[C@H](CC(=O)O)NC(=O)[C@H](CO)NC(=O)[C@@H](NC(=O)[C@H](Cc1ccccc1)NC(=O)[C@@H](NC(=O)CNC(=O)[C@@H](N)CCC(=O)O)[C@@H](C)O)[C@@H](C)O)C(C)C)C(=O)N[C@@H](CCC(=O)O)C(=O)NCC(=O)N[C@H]([C]=O)CCC(N)=O. The maximum Gasteiger partial charge on any atom is 0.305 e. The van der Waals surface area contributed by atoms with Gasteiger partial charge in [-0.05, 0) is 74.6 Å². The molecular weight excluding hydrogens is 1500 g/mol. The summed E-state index contributed by atoms with van der Waals surface area (Å²) < 4.78 is 0. The average Bonchev–Trinajstić information content (AvgIpc) is 0.843. The number of aliphatic hydroxyl groups excluding tert-OH is 5. The third kappa shape index (κ3) is 36.2. The molecule has 0 aromatic heterocycles. The van der Waals surface area contributed by atoms with Crippen molar-refractivity contribution in [2.24, 2.45) is 23.3 Å². The van der Waals surface area contributed by atoms with Gasteiger partial charge in [-0.2, -0.15) is 0 Å². The third-order valence-electron chi connectivity index (χ3n) is 16.4. The number of benzene rings is 2. The summed E-state index contributed by atoms with van der Waals surface area (Å²) in [5, 5.41) is 122. The summed E-state index contributed by atoms with van der Waals surface area (Å²) in [6.07, 6.45) is -6.82. The smallest absolute Gasteiger partial charge is 0.305 e. The quantitative estimate of drug-likeness (QED) is 0.0292. The molecule has 2 aromatic rings. The normalized spacial score (nSPS) is 15.0. The van der Waals surface area contributed by atoms with Crippen LogP contribution in [0.4, 0.5) is 0 Å². The number of hydrogen-bond donors (Lipinski definition) is 25. The van der Waals surface area contributed by atoms with Gasteiger partial charge in [0.1, 0.15) is 72.2 Å². The van der Waals surface area contributed by atoms with E-state index in [1.54, 1.807) is 32.0 Å². The van der Waals surface area contributed by atoms with Gasteiger partial charge >= 0.3 is 17.9 Å². The van der Waals surface area contributed by atoms with Crippen LogP contribution < -0.4 is 85.9 Å². The van der Waals surface area contributed by atoms with Gasteiger partial charge in [-0.15, -0.1) is 0 Å². The lowest BCUT2D eigenvalue weighted by Crippen LogP contribution is -2.63. The predicted molar refractivity (Wildman–Crippen MR) is 388 cm³/mol. The first-order valence-electron chi connectivity index (χ1n) is 35.3. The highest BCUT2D eigenvalue weighted by Crippen LogP contribution is 2.15. The number of amides is 15. The Labute approximate surface area is 646 Å². The highest BCUT2D eigenvalue weighted by molar-refractivity contribution is 6.01. The largest absolute Gasteiger partial charge is 0.508 e. The fourth-order valence-corrected chi connectivity index (χ4v) is 10.3. The molecule has 0 spiro atoms. The monoisotopic (exact) mass is 1600 g/mol. The molecule has 15 atom stereocenters. The standard InChI is InChI=1S/C69H101N16O28/c1-32(2)22-42(60(104)75-41(18-21-53(98)99)59(103)73-26-50(94)74-38(28-86)14-19-49(71)93)76-61(105)43(24-37-12-15-39(92)16-13-37)77-64(108)46(29-87)80-66(110)48(31-89)81-67(111)55(33(3)4)84-63(107)45(25-54(100)101)78-65(109)47(30-88)82-69(113)57(35(6)91)85-62(106)44(23-36-10-8-7-9-11-36)79-68(112)56(34(5)90)83-51(95)27-72-58(102)40(70)17-20-52(96)97/h7-13,15-16,32-35,38,40-48,55-57,87-92H,14,17-27,29-31,70H2,1-6H3,(H2,71,93)(H,72,102)(H,73,103)(H,74,94)(H,75,104)(H,76,105)(H,77,108)(H,78,109)(H,79,112)(H,80,110)(H,81,111)(H,82,113)(H,83,95)(H,84,107)(H,85,106)(H,96,97)(H,98,99)(H,100,101)/t34-,35-,38+,40+,41+,42+,43+,44+,45+,46+,47+,48+,55+,56+,57+/m1/s1. The van der Waals surface area contributed by atoms with E-state index in [1.165, 1.54) is 56.5 Å². The van der Waals surface area contributed by atoms with Gasteiger partial charge in [0.2, 0.25) is 94.9 Å². The molecule has 0 saturated carbocycles. The van der Waals surface area contributed by atoms with Crippen molar-refractivity contribution in [2.75, 3.05) is 32.9 Å². The fraction of sp³-hybridized carbons (Fsp3) is 0.551. The minimum atomic E-state index is -2.17. The number of phenolic OH excluding ortho intramolecular Hbond substituents is 1. The van der Waals surface area contributed by atoms with Crippen molar-refractivity contribution in [3.8, 4) is 5.75 Å². The summed E-state index contributed by atoms with van der Waals surface area (Å²) in [5.41, 5.74) is 11.4. The molecule has 0 unspecified atom stereocenters. The Hall–Kier alpha value is -11.9. The van der Waals surface area contributed by atoms with Crippen LogP contribution in [-0.2, 0) is 104 Å². The summed E-state index contributed by atoms with van der Waals surface area (Å²) in [6.45, 7) is 2.57. The maximum atomic E-state index is 14.3. The molecule has 15 amide bonds. The highest BCUT2D eigenvalue weighted by atomic mass is 16.4. The summed E-state index contributed by atoms with van der Waals surface area (Å²) in [7, 11) is 0. The molecule has 0 bridgehead atoms. The first-order valence-corrected chi connectivity index (χ1v) is 35.3. The van der Waals surface area contributed by atoms with Crippen LogP contribution in [0.2, 0.25) is 0 Å². The van der Waals surface area contributed by atoms with Gasteiger partial charge in [0, 0.05) is 32.1 Å². The summed E-state index contributed by atoms with van der Waals surface area (Å²) in [5.74, 6) is -23.7. The number of nitrogens with one attached hydrogen (secondary N) is 14. The van der Waals surface area contributed by atoms with E-state index in [1.807, 2.05) is 10.6 Å². The summed E-state index contributed by atoms with van der Waals surface area (Å²) >= 11 is 0. The van der Waals surface area contributed by atoms with Crippen molar-refractivity contribution in [1.82, 2.24) is 74.4 Å². The van der Waals surface area contributed by atoms with Crippen molar-refractivity contribution in [3.05, 3.63) is 65.7 Å². The van der Waals surface area contributed by atoms with Crippen molar-refractivity contribution in [2.45, 2.75) is 197 Å². The molecule has 1 radical (unpaired) electrons. The van der Waals surface area contributed by atoms with Gasteiger partial charge in [0.15, 0.2) is 0 Å². The molecule has 0 heterocycles. The molecule has 0 aliphatic carbocycles. The zero-order valence-corrected chi connectivity index (χ0v) is 62.6. The third-order valence-corrected chi connectivity index (χ3v) is 16.4. The minimum Gasteiger partial charge on any atom is -0.508 e. The number of carboxylic acids is 3. The van der Waals surface area contributed by atoms with E-state index in [0.717, 1.165) is 13.8 Å². The zero-order valence-electron chi connectivity index (χ0n) is 62.6. The van der Waals surface area contributed by atoms with E-state index in [4.69, 9.17) is 16.6 Å². The fourth-order valence-electron chi connectivity index (χ4n) is 10.3. The van der Waals surface area contributed by atoms with Crippen LogP contribution in [-0.4, -0.2) is 282 Å². The van der Waals surface area contributed by atoms with Crippen LogP contribution >= 0.6 is 0 Å². The number of hydrogen-bond acceptors (Lipinski definition) is 26. The molecule has 27 N–H and O–H groups in total. The Morgan fingerprint density at radius 2 is 0.779 bits per heavy atom. The lowest BCUT2D eigenvalue weighted by molar-refractivity contribution is -0.142. The number of rotatable bonds is 52.